The van der Waals surface area contributed by atoms with Gasteiger partial charge in [-0.15, -0.1) is 0 Å². The Morgan fingerprint density at radius 2 is 1.48 bits per heavy atom. The van der Waals surface area contributed by atoms with Crippen LogP contribution in [0.25, 0.3) is 0 Å². The zero-order valence-corrected chi connectivity index (χ0v) is 16.2. The Bertz CT molecular complexity index is 677. The Balaban J connectivity index is 2.81. The number of carbonyl (C=O) groups is 3. The van der Waals surface area contributed by atoms with E-state index in [-0.39, 0.29) is 31.6 Å². The van der Waals surface area contributed by atoms with Crippen LogP contribution in [0.3, 0.4) is 0 Å². The number of aliphatic hydroxyl groups excluding tert-OH is 1. The molecule has 1 rings (SSSR count). The average Bonchev–Trinajstić information content (AvgIpc) is 2.64. The first-order valence-electron chi connectivity index (χ1n) is 9.34. The first kappa shape index (κ1) is 24.4. The van der Waals surface area contributed by atoms with Crippen LogP contribution in [-0.2, 0) is 14.4 Å². The number of hydrogen-bond acceptors (Lipinski definition) is 8. The Labute approximate surface area is 168 Å². The number of aliphatic hydroxyl groups is 1. The van der Waals surface area contributed by atoms with Gasteiger partial charge in [0.15, 0.2) is 0 Å². The molecule has 0 aromatic rings. The number of nitrogens with zero attached hydrogens (tertiary/aromatic N) is 1. The molecule has 0 saturated carbocycles. The summed E-state index contributed by atoms with van der Waals surface area (Å²) in [6, 6.07) is -3.20. The van der Waals surface area contributed by atoms with Crippen molar-refractivity contribution < 1.29 is 34.8 Å². The number of nitrogens with two attached hydrogens (primary N) is 3. The summed E-state index contributed by atoms with van der Waals surface area (Å²) in [6.45, 7) is 0.671. The number of carboxylic acids is 3. The standard InChI is InChI=1S/C18H30N4O7/c19-12(16(24)25)3-1-2-6-22-8-10(4-5-13(20)17(26)27)11(15(23)9-22)7-14(21)18(28)29/h8,12-14,23H,1-7,9,19-21H2,(H,24,25)(H,26,27)(H,28,29). The molecule has 10 N–H and O–H groups in total. The van der Waals surface area contributed by atoms with Crippen molar-refractivity contribution in [3.63, 3.8) is 0 Å². The third-order valence-electron chi connectivity index (χ3n) is 4.74. The predicted molar refractivity (Wildman–Crippen MR) is 104 cm³/mol. The van der Waals surface area contributed by atoms with Crippen molar-refractivity contribution >= 4 is 17.9 Å². The molecule has 0 radical (unpaired) electrons. The fourth-order valence-electron chi connectivity index (χ4n) is 2.97. The molecule has 0 amide bonds. The minimum Gasteiger partial charge on any atom is -0.510 e. The number of rotatable bonds is 13. The zero-order chi connectivity index (χ0) is 22.1. The van der Waals surface area contributed by atoms with Crippen molar-refractivity contribution in [2.45, 2.75) is 56.7 Å². The van der Waals surface area contributed by atoms with Crippen LogP contribution in [0.2, 0.25) is 0 Å². The van der Waals surface area contributed by atoms with Crippen LogP contribution < -0.4 is 17.2 Å². The van der Waals surface area contributed by atoms with Crippen LogP contribution in [0, 0.1) is 0 Å². The first-order chi connectivity index (χ1) is 13.5. The van der Waals surface area contributed by atoms with Gasteiger partial charge in [0.25, 0.3) is 0 Å². The van der Waals surface area contributed by atoms with Crippen molar-refractivity contribution in [1.82, 2.24) is 4.90 Å². The minimum atomic E-state index is -1.20. The number of hydrogen-bond donors (Lipinski definition) is 7. The van der Waals surface area contributed by atoms with Gasteiger partial charge < -0.3 is 42.5 Å². The molecule has 0 spiro atoms. The molecule has 0 bridgehead atoms. The SMILES string of the molecule is NC(CCCCN1C=C(CCC(N)C(=O)O)C(CC(N)C(=O)O)=C(O)C1)C(=O)O. The number of unbranched alkanes of at least 4 members (excludes halogenated alkanes) is 1. The van der Waals surface area contributed by atoms with Crippen LogP contribution in [0.4, 0.5) is 0 Å². The predicted octanol–water partition coefficient (Wildman–Crippen LogP) is -0.426. The Morgan fingerprint density at radius 3 is 2.03 bits per heavy atom. The highest BCUT2D eigenvalue weighted by atomic mass is 16.4. The van der Waals surface area contributed by atoms with E-state index in [0.29, 0.717) is 37.0 Å². The second-order valence-electron chi connectivity index (χ2n) is 7.12. The molecule has 11 nitrogen and oxygen atoms in total. The normalized spacial score (nSPS) is 17.5. The van der Waals surface area contributed by atoms with Crippen LogP contribution in [0.1, 0.15) is 38.5 Å². The molecule has 0 fully saturated rings. The average molecular weight is 414 g/mol. The van der Waals surface area contributed by atoms with E-state index in [1.54, 1.807) is 11.1 Å². The highest BCUT2D eigenvalue weighted by Crippen LogP contribution is 2.29. The molecule has 1 aliphatic rings. The van der Waals surface area contributed by atoms with Crippen LogP contribution >= 0.6 is 0 Å². The second-order valence-corrected chi connectivity index (χ2v) is 7.12. The summed E-state index contributed by atoms with van der Waals surface area (Å²) in [5, 5.41) is 37.2. The maximum atomic E-state index is 11.1. The van der Waals surface area contributed by atoms with Crippen LogP contribution in [-0.4, -0.2) is 74.4 Å². The fourth-order valence-corrected chi connectivity index (χ4v) is 2.97. The first-order valence-corrected chi connectivity index (χ1v) is 9.34. The van der Waals surface area contributed by atoms with E-state index in [1.807, 2.05) is 0 Å². The van der Waals surface area contributed by atoms with Crippen molar-refractivity contribution in [2.24, 2.45) is 17.2 Å². The van der Waals surface area contributed by atoms with E-state index in [4.69, 9.17) is 32.5 Å². The smallest absolute Gasteiger partial charge is 0.320 e. The minimum absolute atomic E-state index is 0.0228. The van der Waals surface area contributed by atoms with E-state index < -0.39 is 36.0 Å². The van der Waals surface area contributed by atoms with Gasteiger partial charge in [-0.05, 0) is 43.3 Å². The van der Waals surface area contributed by atoms with Crippen molar-refractivity contribution in [3.05, 3.63) is 23.1 Å². The lowest BCUT2D eigenvalue weighted by atomic mass is 9.91. The molecule has 1 heterocycles. The Kier molecular flexibility index (Phi) is 9.59. The molecule has 0 aromatic carbocycles. The van der Waals surface area contributed by atoms with Gasteiger partial charge in [-0.25, -0.2) is 0 Å². The fraction of sp³-hybridized carbons (Fsp3) is 0.611. The maximum Gasteiger partial charge on any atom is 0.320 e. The lowest BCUT2D eigenvalue weighted by Gasteiger charge is -2.30. The molecule has 29 heavy (non-hydrogen) atoms. The molecule has 1 aliphatic heterocycles. The summed E-state index contributed by atoms with van der Waals surface area (Å²) in [4.78, 5) is 34.6. The topological polar surface area (TPSA) is 213 Å². The summed E-state index contributed by atoms with van der Waals surface area (Å²) < 4.78 is 0. The van der Waals surface area contributed by atoms with Gasteiger partial charge in [-0.2, -0.15) is 0 Å². The van der Waals surface area contributed by atoms with Crippen LogP contribution in [0.5, 0.6) is 0 Å². The molecule has 164 valence electrons. The Hall–Kier alpha value is -2.63. The van der Waals surface area contributed by atoms with Gasteiger partial charge in [0, 0.05) is 19.2 Å². The van der Waals surface area contributed by atoms with E-state index >= 15 is 0 Å². The van der Waals surface area contributed by atoms with Gasteiger partial charge in [0.2, 0.25) is 0 Å². The second kappa shape index (κ2) is 11.4. The summed E-state index contributed by atoms with van der Waals surface area (Å²) >= 11 is 0. The van der Waals surface area contributed by atoms with Crippen molar-refractivity contribution in [2.75, 3.05) is 13.1 Å². The van der Waals surface area contributed by atoms with Gasteiger partial charge in [-0.3, -0.25) is 14.4 Å². The van der Waals surface area contributed by atoms with E-state index in [9.17, 15) is 19.5 Å². The van der Waals surface area contributed by atoms with Gasteiger partial charge in [0.05, 0.1) is 6.54 Å². The molecular weight excluding hydrogens is 384 g/mol. The lowest BCUT2D eigenvalue weighted by molar-refractivity contribution is -0.139. The van der Waals surface area contributed by atoms with Gasteiger partial charge >= 0.3 is 17.9 Å². The monoisotopic (exact) mass is 414 g/mol. The molecule has 3 unspecified atom stereocenters. The summed E-state index contributed by atoms with van der Waals surface area (Å²) in [5.41, 5.74) is 17.6. The van der Waals surface area contributed by atoms with Gasteiger partial charge in [0.1, 0.15) is 23.9 Å². The third kappa shape index (κ3) is 8.10. The number of aliphatic carboxylic acids is 3. The lowest BCUT2D eigenvalue weighted by Crippen LogP contribution is -2.34. The van der Waals surface area contributed by atoms with Crippen LogP contribution in [0.15, 0.2) is 23.1 Å². The third-order valence-corrected chi connectivity index (χ3v) is 4.74. The molecule has 3 atom stereocenters. The zero-order valence-electron chi connectivity index (χ0n) is 16.2. The molecule has 0 aliphatic carbocycles. The largest absolute Gasteiger partial charge is 0.510 e. The molecule has 0 aromatic heterocycles. The number of allylic oxidation sites excluding steroid dienone is 1. The number of carboxylic acid groups (broad SMARTS) is 3. The Morgan fingerprint density at radius 1 is 0.931 bits per heavy atom. The summed E-state index contributed by atoms with van der Waals surface area (Å²) in [7, 11) is 0. The van der Waals surface area contributed by atoms with E-state index in [2.05, 4.69) is 0 Å². The maximum absolute atomic E-state index is 11.1. The molecule has 11 heteroatoms. The highest BCUT2D eigenvalue weighted by Gasteiger charge is 2.25. The highest BCUT2D eigenvalue weighted by molar-refractivity contribution is 5.74. The van der Waals surface area contributed by atoms with Crippen molar-refractivity contribution in [3.8, 4) is 0 Å². The van der Waals surface area contributed by atoms with Gasteiger partial charge in [-0.1, -0.05) is 0 Å². The van der Waals surface area contributed by atoms with Crippen molar-refractivity contribution in [1.29, 1.82) is 0 Å². The summed E-state index contributed by atoms with van der Waals surface area (Å²) in [6.07, 6.45) is 3.55. The summed E-state index contributed by atoms with van der Waals surface area (Å²) in [5.74, 6) is -3.43. The quantitative estimate of drug-likeness (QED) is 0.192. The molecule has 0 saturated heterocycles. The van der Waals surface area contributed by atoms with E-state index in [1.165, 1.54) is 0 Å². The van der Waals surface area contributed by atoms with E-state index in [0.717, 1.165) is 0 Å². The molecular formula is C18H30N4O7.